The van der Waals surface area contributed by atoms with Crippen molar-refractivity contribution in [1.29, 1.82) is 0 Å². The van der Waals surface area contributed by atoms with E-state index in [2.05, 4.69) is 10.3 Å². The van der Waals surface area contributed by atoms with Crippen molar-refractivity contribution < 1.29 is 14.3 Å². The molecule has 0 aliphatic carbocycles. The van der Waals surface area contributed by atoms with Crippen molar-refractivity contribution in [2.45, 2.75) is 6.92 Å². The molecule has 0 spiro atoms. The smallest absolute Gasteiger partial charge is 0.338 e. The van der Waals surface area contributed by atoms with Gasteiger partial charge in [-0.05, 0) is 49.4 Å². The molecular weight excluding hydrogens is 354 g/mol. The first-order chi connectivity index (χ1) is 12.6. The van der Waals surface area contributed by atoms with Gasteiger partial charge in [-0.25, -0.2) is 9.78 Å². The summed E-state index contributed by atoms with van der Waals surface area (Å²) in [5.74, 6) is -0.623. The number of imidazole rings is 1. The van der Waals surface area contributed by atoms with E-state index in [-0.39, 0.29) is 11.9 Å². The van der Waals surface area contributed by atoms with Crippen LogP contribution in [0.25, 0.3) is 17.2 Å². The number of esters is 1. The molecule has 132 valence electrons. The largest absolute Gasteiger partial charge is 0.462 e. The second-order valence-electron chi connectivity index (χ2n) is 5.37. The maximum atomic E-state index is 12.0. The van der Waals surface area contributed by atoms with E-state index in [1.807, 2.05) is 0 Å². The normalized spacial score (nSPS) is 11.0. The number of rotatable bonds is 5. The summed E-state index contributed by atoms with van der Waals surface area (Å²) in [6.45, 7) is 2.08. The summed E-state index contributed by atoms with van der Waals surface area (Å²) < 4.78 is 6.72. The Labute approximate surface area is 155 Å². The zero-order valence-electron chi connectivity index (χ0n) is 14.0. The van der Waals surface area contributed by atoms with Crippen molar-refractivity contribution in [3.63, 3.8) is 0 Å². The van der Waals surface area contributed by atoms with E-state index < -0.39 is 0 Å². The highest BCUT2D eigenvalue weighted by Crippen LogP contribution is 2.16. The summed E-state index contributed by atoms with van der Waals surface area (Å²) in [7, 11) is 0. The first-order valence-electron chi connectivity index (χ1n) is 7.95. The van der Waals surface area contributed by atoms with Gasteiger partial charge in [-0.15, -0.1) is 0 Å². The molecule has 1 amide bonds. The zero-order chi connectivity index (χ0) is 18.5. The van der Waals surface area contributed by atoms with Gasteiger partial charge in [0.15, 0.2) is 0 Å². The SMILES string of the molecule is CCOC(=O)c1ccc2c(c1)ncn2C=CNC(=O)c1ccc(Cl)cc1. The van der Waals surface area contributed by atoms with Gasteiger partial charge in [0, 0.05) is 23.0 Å². The zero-order valence-corrected chi connectivity index (χ0v) is 14.7. The number of halogens is 1. The monoisotopic (exact) mass is 369 g/mol. The van der Waals surface area contributed by atoms with E-state index in [9.17, 15) is 9.59 Å². The number of hydrogen-bond acceptors (Lipinski definition) is 4. The van der Waals surface area contributed by atoms with Crippen LogP contribution in [-0.4, -0.2) is 28.0 Å². The molecule has 0 unspecified atom stereocenters. The van der Waals surface area contributed by atoms with E-state index in [0.29, 0.717) is 28.3 Å². The summed E-state index contributed by atoms with van der Waals surface area (Å²) in [5.41, 5.74) is 2.41. The predicted octanol–water partition coefficient (Wildman–Crippen LogP) is 3.72. The van der Waals surface area contributed by atoms with Gasteiger partial charge in [-0.2, -0.15) is 0 Å². The number of carbonyl (C=O) groups excluding carboxylic acids is 2. The number of hydrogen-bond donors (Lipinski definition) is 1. The minimum absolute atomic E-state index is 0.244. The molecule has 0 saturated heterocycles. The molecule has 3 rings (SSSR count). The summed E-state index contributed by atoms with van der Waals surface area (Å²) in [6.07, 6.45) is 4.80. The number of nitrogens with one attached hydrogen (secondary N) is 1. The molecule has 2 aromatic carbocycles. The van der Waals surface area contributed by atoms with E-state index in [4.69, 9.17) is 16.3 Å². The lowest BCUT2D eigenvalue weighted by Gasteiger charge is -2.02. The molecular formula is C19H16ClN3O3. The van der Waals surface area contributed by atoms with Crippen LogP contribution in [-0.2, 0) is 4.74 Å². The highest BCUT2D eigenvalue weighted by Gasteiger charge is 2.09. The highest BCUT2D eigenvalue weighted by atomic mass is 35.5. The minimum atomic E-state index is -0.380. The molecule has 1 N–H and O–H groups in total. The van der Waals surface area contributed by atoms with Crippen LogP contribution in [0.3, 0.4) is 0 Å². The van der Waals surface area contributed by atoms with Gasteiger partial charge in [0.25, 0.3) is 5.91 Å². The van der Waals surface area contributed by atoms with Gasteiger partial charge < -0.3 is 14.6 Å². The lowest BCUT2D eigenvalue weighted by atomic mass is 10.2. The third-order valence-corrected chi connectivity index (χ3v) is 3.89. The maximum absolute atomic E-state index is 12.0. The topological polar surface area (TPSA) is 73.2 Å². The number of ether oxygens (including phenoxy) is 1. The Hall–Kier alpha value is -3.12. The summed E-state index contributed by atoms with van der Waals surface area (Å²) in [6, 6.07) is 11.7. The minimum Gasteiger partial charge on any atom is -0.462 e. The van der Waals surface area contributed by atoms with Gasteiger partial charge >= 0.3 is 5.97 Å². The number of carbonyl (C=O) groups is 2. The van der Waals surface area contributed by atoms with Gasteiger partial charge in [0.2, 0.25) is 0 Å². The Morgan fingerprint density at radius 3 is 2.65 bits per heavy atom. The molecule has 0 saturated carbocycles. The molecule has 26 heavy (non-hydrogen) atoms. The van der Waals surface area contributed by atoms with Crippen molar-refractivity contribution in [3.05, 3.63) is 71.1 Å². The van der Waals surface area contributed by atoms with Gasteiger partial charge in [-0.3, -0.25) is 4.79 Å². The third-order valence-electron chi connectivity index (χ3n) is 3.64. The Morgan fingerprint density at radius 1 is 1.19 bits per heavy atom. The number of aromatic nitrogens is 2. The van der Waals surface area contributed by atoms with Crippen molar-refractivity contribution >= 4 is 40.7 Å². The number of fused-ring (bicyclic) bond motifs is 1. The second kappa shape index (κ2) is 7.84. The molecule has 1 aromatic heterocycles. The van der Waals surface area contributed by atoms with E-state index in [0.717, 1.165) is 5.52 Å². The standard InChI is InChI=1S/C19H16ClN3O3/c1-2-26-19(25)14-5-8-17-16(11-14)22-12-23(17)10-9-21-18(24)13-3-6-15(20)7-4-13/h3-12H,2H2,1H3,(H,21,24). The Morgan fingerprint density at radius 2 is 1.92 bits per heavy atom. The quantitative estimate of drug-likeness (QED) is 0.695. The van der Waals surface area contributed by atoms with Crippen molar-refractivity contribution in [2.75, 3.05) is 6.61 Å². The molecule has 3 aromatic rings. The molecule has 0 bridgehead atoms. The molecule has 1 heterocycles. The first-order valence-corrected chi connectivity index (χ1v) is 8.33. The van der Waals surface area contributed by atoms with Crippen molar-refractivity contribution in [2.24, 2.45) is 0 Å². The van der Waals surface area contributed by atoms with Crippen LogP contribution in [0.4, 0.5) is 0 Å². The van der Waals surface area contributed by atoms with Gasteiger partial charge in [-0.1, -0.05) is 11.6 Å². The summed E-state index contributed by atoms with van der Waals surface area (Å²) >= 11 is 5.81. The summed E-state index contributed by atoms with van der Waals surface area (Å²) in [4.78, 5) is 28.1. The van der Waals surface area contributed by atoms with Crippen LogP contribution < -0.4 is 5.32 Å². The number of amides is 1. The average molecular weight is 370 g/mol. The first kappa shape index (κ1) is 17.7. The molecule has 7 heteroatoms. The van der Waals surface area contributed by atoms with Crippen molar-refractivity contribution in [1.82, 2.24) is 14.9 Å². The highest BCUT2D eigenvalue weighted by molar-refractivity contribution is 6.30. The predicted molar refractivity (Wildman–Crippen MR) is 99.9 cm³/mol. The number of benzene rings is 2. The molecule has 0 atom stereocenters. The lowest BCUT2D eigenvalue weighted by Crippen LogP contribution is -2.16. The van der Waals surface area contributed by atoms with Crippen LogP contribution in [0.2, 0.25) is 5.02 Å². The molecule has 6 nitrogen and oxygen atoms in total. The average Bonchev–Trinajstić information content (AvgIpc) is 3.05. The fraction of sp³-hybridized carbons (Fsp3) is 0.105. The lowest BCUT2D eigenvalue weighted by molar-refractivity contribution is 0.0526. The third kappa shape index (κ3) is 3.92. The molecule has 0 aliphatic heterocycles. The maximum Gasteiger partial charge on any atom is 0.338 e. The van der Waals surface area contributed by atoms with Gasteiger partial charge in [0.1, 0.15) is 0 Å². The van der Waals surface area contributed by atoms with Crippen LogP contribution in [0.5, 0.6) is 0 Å². The van der Waals surface area contributed by atoms with Crippen LogP contribution in [0.1, 0.15) is 27.6 Å². The molecule has 0 radical (unpaired) electrons. The second-order valence-corrected chi connectivity index (χ2v) is 5.81. The van der Waals surface area contributed by atoms with E-state index >= 15 is 0 Å². The Kier molecular flexibility index (Phi) is 5.34. The molecule has 0 fully saturated rings. The fourth-order valence-electron chi connectivity index (χ4n) is 2.37. The van der Waals surface area contributed by atoms with Gasteiger partial charge in [0.05, 0.1) is 29.5 Å². The van der Waals surface area contributed by atoms with Crippen LogP contribution >= 0.6 is 11.6 Å². The molecule has 0 aliphatic rings. The van der Waals surface area contributed by atoms with E-state index in [1.165, 1.54) is 6.20 Å². The van der Waals surface area contributed by atoms with E-state index in [1.54, 1.807) is 66.5 Å². The van der Waals surface area contributed by atoms with Crippen molar-refractivity contribution in [3.8, 4) is 0 Å². The fourth-order valence-corrected chi connectivity index (χ4v) is 2.50. The van der Waals surface area contributed by atoms with Crippen LogP contribution in [0, 0.1) is 0 Å². The van der Waals surface area contributed by atoms with Crippen LogP contribution in [0.15, 0.2) is 55.0 Å². The summed E-state index contributed by atoms with van der Waals surface area (Å²) in [5, 5.41) is 3.26. The Balaban J connectivity index is 1.72. The number of nitrogens with zero attached hydrogens (tertiary/aromatic N) is 2. The Bertz CT molecular complexity index is 977.